The van der Waals surface area contributed by atoms with Crippen molar-refractivity contribution >= 4 is 11.8 Å². The number of carbonyl (C=O) groups is 2. The van der Waals surface area contributed by atoms with Crippen molar-refractivity contribution in [1.82, 2.24) is 15.5 Å². The lowest BCUT2D eigenvalue weighted by Crippen LogP contribution is -2.52. The van der Waals surface area contributed by atoms with Gasteiger partial charge in [0.05, 0.1) is 12.6 Å². The van der Waals surface area contributed by atoms with E-state index in [0.29, 0.717) is 0 Å². The average Bonchev–Trinajstić information content (AvgIpc) is 2.52. The third-order valence-corrected chi connectivity index (χ3v) is 3.99. The van der Waals surface area contributed by atoms with Gasteiger partial charge >= 0.3 is 0 Å². The van der Waals surface area contributed by atoms with Crippen molar-refractivity contribution in [2.75, 3.05) is 19.6 Å². The zero-order valence-corrected chi connectivity index (χ0v) is 14.8. The van der Waals surface area contributed by atoms with Gasteiger partial charge < -0.3 is 0 Å². The summed E-state index contributed by atoms with van der Waals surface area (Å²) in [6.45, 7) is 11.6. The molecule has 2 N–H and O–H groups in total. The lowest BCUT2D eigenvalue weighted by molar-refractivity contribution is -0.132. The molecule has 23 heavy (non-hydrogen) atoms. The summed E-state index contributed by atoms with van der Waals surface area (Å²) in [5.74, 6) is -0.559. The number of imide groups is 1. The molecule has 1 atom stereocenters. The Morgan fingerprint density at radius 2 is 1.70 bits per heavy atom. The number of hydrogen-bond acceptors (Lipinski definition) is 4. The number of likely N-dealkylation sites (N-methyl/N-ethyl adjacent to an activating group) is 1. The molecule has 0 bridgehead atoms. The quantitative estimate of drug-likeness (QED) is 0.768. The third-order valence-electron chi connectivity index (χ3n) is 3.99. The molecule has 0 saturated carbocycles. The summed E-state index contributed by atoms with van der Waals surface area (Å²) in [6, 6.07) is 9.47. The van der Waals surface area contributed by atoms with E-state index in [2.05, 4.69) is 10.6 Å². The van der Waals surface area contributed by atoms with Crippen LogP contribution >= 0.6 is 0 Å². The molecule has 5 heteroatoms. The van der Waals surface area contributed by atoms with E-state index in [4.69, 9.17) is 0 Å². The molecule has 0 aliphatic rings. The van der Waals surface area contributed by atoms with E-state index < -0.39 is 6.04 Å². The maximum atomic E-state index is 12.2. The van der Waals surface area contributed by atoms with E-state index in [1.807, 2.05) is 62.9 Å². The van der Waals surface area contributed by atoms with Gasteiger partial charge in [-0.25, -0.2) is 0 Å². The monoisotopic (exact) mass is 319 g/mol. The van der Waals surface area contributed by atoms with Gasteiger partial charge in [0.2, 0.25) is 11.8 Å². The summed E-state index contributed by atoms with van der Waals surface area (Å²) in [7, 11) is 0. The van der Waals surface area contributed by atoms with Gasteiger partial charge in [0.1, 0.15) is 0 Å². The summed E-state index contributed by atoms with van der Waals surface area (Å²) in [5.41, 5.74) is 0.731. The molecule has 0 aliphatic heterocycles. The first-order valence-corrected chi connectivity index (χ1v) is 8.19. The topological polar surface area (TPSA) is 61.4 Å². The van der Waals surface area contributed by atoms with Gasteiger partial charge in [0.25, 0.3) is 0 Å². The van der Waals surface area contributed by atoms with Gasteiger partial charge in [-0.3, -0.25) is 25.1 Å². The summed E-state index contributed by atoms with van der Waals surface area (Å²) in [4.78, 5) is 26.1. The molecular weight excluding hydrogens is 290 g/mol. The second-order valence-electron chi connectivity index (χ2n) is 6.23. The molecular formula is C18H29N3O2. The summed E-state index contributed by atoms with van der Waals surface area (Å²) >= 11 is 0. The fourth-order valence-electron chi connectivity index (χ4n) is 2.48. The predicted octanol–water partition coefficient (Wildman–Crippen LogP) is 1.88. The number of nitrogens with one attached hydrogen (secondary N) is 2. The van der Waals surface area contributed by atoms with Crippen LogP contribution in [0.1, 0.15) is 40.2 Å². The maximum absolute atomic E-state index is 12.2. The molecule has 5 nitrogen and oxygen atoms in total. The molecule has 1 aromatic rings. The Labute approximate surface area is 139 Å². The lowest BCUT2D eigenvalue weighted by atomic mass is 9.93. The Kier molecular flexibility index (Phi) is 7.39. The minimum Gasteiger partial charge on any atom is -0.297 e. The predicted molar refractivity (Wildman–Crippen MR) is 93.0 cm³/mol. The number of benzene rings is 1. The second kappa shape index (κ2) is 8.79. The summed E-state index contributed by atoms with van der Waals surface area (Å²) < 4.78 is 0. The first kappa shape index (κ1) is 19.3. The van der Waals surface area contributed by atoms with Crippen LogP contribution in [-0.2, 0) is 15.1 Å². The number of amides is 2. The first-order valence-electron chi connectivity index (χ1n) is 8.19. The van der Waals surface area contributed by atoms with Crippen LogP contribution in [0.25, 0.3) is 0 Å². The molecule has 0 radical (unpaired) electrons. The fraction of sp³-hybridized carbons (Fsp3) is 0.556. The highest BCUT2D eigenvalue weighted by atomic mass is 16.2. The third kappa shape index (κ3) is 6.12. The molecule has 1 rings (SSSR count). The van der Waals surface area contributed by atoms with Crippen molar-refractivity contribution in [3.63, 3.8) is 0 Å². The number of hydrogen-bond donors (Lipinski definition) is 2. The number of nitrogens with zero attached hydrogens (tertiary/aromatic N) is 1. The minimum atomic E-state index is -0.467. The van der Waals surface area contributed by atoms with Crippen LogP contribution in [0.3, 0.4) is 0 Å². The van der Waals surface area contributed by atoms with Crippen molar-refractivity contribution in [1.29, 1.82) is 0 Å². The van der Waals surface area contributed by atoms with Crippen molar-refractivity contribution in [2.45, 2.75) is 46.2 Å². The Bertz CT molecular complexity index is 510. The molecule has 0 heterocycles. The van der Waals surface area contributed by atoms with Crippen LogP contribution in [0.4, 0.5) is 0 Å². The van der Waals surface area contributed by atoms with Crippen LogP contribution in [0, 0.1) is 0 Å². The molecule has 0 fully saturated rings. The van der Waals surface area contributed by atoms with Gasteiger partial charge in [0.15, 0.2) is 0 Å². The molecule has 0 spiro atoms. The van der Waals surface area contributed by atoms with E-state index in [0.717, 1.165) is 18.7 Å². The van der Waals surface area contributed by atoms with Crippen molar-refractivity contribution in [3.05, 3.63) is 35.9 Å². The van der Waals surface area contributed by atoms with Gasteiger partial charge in [0, 0.05) is 5.54 Å². The maximum Gasteiger partial charge on any atom is 0.243 e. The van der Waals surface area contributed by atoms with Crippen LogP contribution in [0.5, 0.6) is 0 Å². The largest absolute Gasteiger partial charge is 0.297 e. The Morgan fingerprint density at radius 1 is 1.13 bits per heavy atom. The van der Waals surface area contributed by atoms with Gasteiger partial charge in [-0.05, 0) is 39.4 Å². The standard InChI is InChI=1S/C18H29N3O2/c1-6-21(7-2)13-16(22)19-17(23)14(3)20-18(4,5)15-11-9-8-10-12-15/h8-12,14,20H,6-7,13H2,1-5H3,(H,19,22,23)/t14-/m0/s1. The van der Waals surface area contributed by atoms with Gasteiger partial charge in [-0.15, -0.1) is 0 Å². The number of carbonyl (C=O) groups excluding carboxylic acids is 2. The first-order chi connectivity index (χ1) is 10.8. The molecule has 2 amide bonds. The van der Waals surface area contributed by atoms with Crippen LogP contribution in [0.15, 0.2) is 30.3 Å². The van der Waals surface area contributed by atoms with Crippen LogP contribution in [-0.4, -0.2) is 42.4 Å². The normalized spacial score (nSPS) is 13.0. The van der Waals surface area contributed by atoms with E-state index in [-0.39, 0.29) is 23.9 Å². The zero-order chi connectivity index (χ0) is 17.5. The molecule has 0 saturated heterocycles. The summed E-state index contributed by atoms with van der Waals surface area (Å²) in [5, 5.41) is 5.75. The molecule has 0 aliphatic carbocycles. The van der Waals surface area contributed by atoms with Crippen molar-refractivity contribution in [2.24, 2.45) is 0 Å². The van der Waals surface area contributed by atoms with E-state index in [1.165, 1.54) is 0 Å². The Hall–Kier alpha value is -1.72. The minimum absolute atomic E-state index is 0.244. The van der Waals surface area contributed by atoms with Crippen molar-refractivity contribution in [3.8, 4) is 0 Å². The van der Waals surface area contributed by atoms with Crippen molar-refractivity contribution < 1.29 is 9.59 Å². The smallest absolute Gasteiger partial charge is 0.243 e. The number of rotatable bonds is 8. The highest BCUT2D eigenvalue weighted by molar-refractivity contribution is 5.98. The highest BCUT2D eigenvalue weighted by Gasteiger charge is 2.26. The zero-order valence-electron chi connectivity index (χ0n) is 14.8. The molecule has 1 aromatic carbocycles. The van der Waals surface area contributed by atoms with Crippen LogP contribution < -0.4 is 10.6 Å². The Balaban J connectivity index is 2.58. The second-order valence-corrected chi connectivity index (χ2v) is 6.23. The van der Waals surface area contributed by atoms with E-state index in [1.54, 1.807) is 6.92 Å². The average molecular weight is 319 g/mol. The fourth-order valence-corrected chi connectivity index (χ4v) is 2.48. The molecule has 128 valence electrons. The van der Waals surface area contributed by atoms with Crippen LogP contribution in [0.2, 0.25) is 0 Å². The Morgan fingerprint density at radius 3 is 2.22 bits per heavy atom. The van der Waals surface area contributed by atoms with E-state index in [9.17, 15) is 9.59 Å². The van der Waals surface area contributed by atoms with E-state index >= 15 is 0 Å². The summed E-state index contributed by atoms with van der Waals surface area (Å²) in [6.07, 6.45) is 0. The highest BCUT2D eigenvalue weighted by Crippen LogP contribution is 2.20. The van der Waals surface area contributed by atoms with Gasteiger partial charge in [-0.1, -0.05) is 44.2 Å². The molecule has 0 unspecified atom stereocenters. The lowest BCUT2D eigenvalue weighted by Gasteiger charge is -2.30. The van der Waals surface area contributed by atoms with Gasteiger partial charge in [-0.2, -0.15) is 0 Å². The SMILES string of the molecule is CCN(CC)CC(=O)NC(=O)[C@H](C)NC(C)(C)c1ccccc1. The molecule has 0 aromatic heterocycles.